The van der Waals surface area contributed by atoms with E-state index in [9.17, 15) is 27.6 Å². The summed E-state index contributed by atoms with van der Waals surface area (Å²) in [5.41, 5.74) is 0.801. The van der Waals surface area contributed by atoms with Gasteiger partial charge in [-0.15, -0.1) is 0 Å². The van der Waals surface area contributed by atoms with Gasteiger partial charge in [-0.2, -0.15) is 18.3 Å². The molecule has 32 heavy (non-hydrogen) atoms. The van der Waals surface area contributed by atoms with Crippen LogP contribution in [0.4, 0.5) is 35.2 Å². The second-order valence-electron chi connectivity index (χ2n) is 7.01. The van der Waals surface area contributed by atoms with Gasteiger partial charge in [-0.25, -0.2) is 14.5 Å². The van der Waals surface area contributed by atoms with Crippen LogP contribution in [-0.4, -0.2) is 59.1 Å². The molecule has 0 spiro atoms. The number of anilines is 3. The number of rotatable bonds is 3. The average molecular weight is 453 g/mol. The molecule has 2 N–H and O–H groups in total. The van der Waals surface area contributed by atoms with Crippen LogP contribution in [-0.2, 0) is 7.05 Å². The van der Waals surface area contributed by atoms with Crippen molar-refractivity contribution in [1.82, 2.24) is 20.1 Å². The van der Waals surface area contributed by atoms with Gasteiger partial charge in [-0.05, 0) is 31.5 Å². The normalized spacial score (nSPS) is 16.2. The lowest BCUT2D eigenvalue weighted by atomic mass is 10.1. The first-order valence-corrected chi connectivity index (χ1v) is 9.81. The number of amides is 3. The number of pyridine rings is 1. The van der Waals surface area contributed by atoms with E-state index in [1.165, 1.54) is 19.3 Å². The molecule has 0 aromatic carbocycles. The highest BCUT2D eigenvalue weighted by Gasteiger charge is 2.40. The molecule has 2 bridgehead atoms. The minimum absolute atomic E-state index is 0.0739. The third-order valence-corrected chi connectivity index (χ3v) is 4.99. The Hall–Kier alpha value is -3.64. The van der Waals surface area contributed by atoms with E-state index in [0.717, 1.165) is 23.3 Å². The monoisotopic (exact) mass is 453 g/mol. The fourth-order valence-electron chi connectivity index (χ4n) is 3.63. The Morgan fingerprint density at radius 1 is 1.25 bits per heavy atom. The smallest absolute Gasteiger partial charge is 0.366 e. The van der Waals surface area contributed by atoms with Crippen molar-refractivity contribution in [3.63, 3.8) is 0 Å². The number of hydrogen-bond donors (Lipinski definition) is 2. The summed E-state index contributed by atoms with van der Waals surface area (Å²) >= 11 is 0. The van der Waals surface area contributed by atoms with Crippen molar-refractivity contribution in [3.8, 4) is 0 Å². The Balaban J connectivity index is 0.000000668. The molecule has 172 valence electrons. The van der Waals surface area contributed by atoms with E-state index in [1.807, 2.05) is 13.0 Å². The third kappa shape index (κ3) is 4.81. The van der Waals surface area contributed by atoms with Crippen LogP contribution in [0.3, 0.4) is 0 Å². The first-order valence-electron chi connectivity index (χ1n) is 9.81. The van der Waals surface area contributed by atoms with E-state index in [-0.39, 0.29) is 23.3 Å². The van der Waals surface area contributed by atoms with Gasteiger partial charge in [0.15, 0.2) is 5.82 Å². The molecule has 2 aliphatic heterocycles. The molecule has 13 heteroatoms. The van der Waals surface area contributed by atoms with Crippen LogP contribution in [0.5, 0.6) is 0 Å². The predicted octanol–water partition coefficient (Wildman–Crippen LogP) is 1.73. The SMILES string of the molecule is CCNC(=O)c1ccc2c(n1)N(C(=O)Nc1ccnn(C)c1=O)C1CCN2C1.FC(F)F. The van der Waals surface area contributed by atoms with E-state index in [4.69, 9.17) is 0 Å². The van der Waals surface area contributed by atoms with Gasteiger partial charge in [0, 0.05) is 32.9 Å². The lowest BCUT2D eigenvalue weighted by molar-refractivity contribution is 0.00818. The van der Waals surface area contributed by atoms with Crippen LogP contribution in [0.2, 0.25) is 0 Å². The van der Waals surface area contributed by atoms with Crippen LogP contribution in [0.15, 0.2) is 29.2 Å². The van der Waals surface area contributed by atoms with Gasteiger partial charge in [0.25, 0.3) is 11.5 Å². The largest absolute Gasteiger partial charge is 0.379 e. The number of halogens is 3. The van der Waals surface area contributed by atoms with Crippen LogP contribution in [0.25, 0.3) is 0 Å². The van der Waals surface area contributed by atoms with Gasteiger partial charge in [-0.3, -0.25) is 14.5 Å². The minimum Gasteiger partial charge on any atom is -0.366 e. The molecule has 2 aromatic rings. The van der Waals surface area contributed by atoms with Crippen molar-refractivity contribution in [3.05, 3.63) is 40.4 Å². The molecule has 0 saturated carbocycles. The molecule has 4 rings (SSSR count). The first-order chi connectivity index (χ1) is 15.2. The molecule has 10 nitrogen and oxygen atoms in total. The van der Waals surface area contributed by atoms with Crippen molar-refractivity contribution in [1.29, 1.82) is 0 Å². The maximum Gasteiger partial charge on any atom is 0.379 e. The maximum absolute atomic E-state index is 13.1. The molecule has 4 heterocycles. The summed E-state index contributed by atoms with van der Waals surface area (Å²) in [6.45, 7) is 0.150. The molecule has 3 amide bonds. The molecule has 2 aromatic heterocycles. The zero-order valence-corrected chi connectivity index (χ0v) is 17.4. The zero-order chi connectivity index (χ0) is 23.4. The molecule has 1 unspecified atom stereocenters. The number of nitrogens with one attached hydrogen (secondary N) is 2. The summed E-state index contributed by atoms with van der Waals surface area (Å²) in [5.74, 6) is 0.141. The number of carbonyl (C=O) groups is 2. The molecule has 1 fully saturated rings. The lowest BCUT2D eigenvalue weighted by Gasteiger charge is -2.35. The summed E-state index contributed by atoms with van der Waals surface area (Å²) in [5, 5.41) is 9.25. The van der Waals surface area contributed by atoms with Crippen molar-refractivity contribution >= 4 is 29.1 Å². The van der Waals surface area contributed by atoms with Gasteiger partial charge in [-0.1, -0.05) is 0 Å². The van der Waals surface area contributed by atoms with Crippen molar-refractivity contribution in [2.45, 2.75) is 26.1 Å². The van der Waals surface area contributed by atoms with Crippen LogP contribution in [0.1, 0.15) is 23.8 Å². The number of aromatic nitrogens is 3. The number of aryl methyl sites for hydroxylation is 1. The predicted molar refractivity (Wildman–Crippen MR) is 111 cm³/mol. The number of urea groups is 1. The highest BCUT2D eigenvalue weighted by molar-refractivity contribution is 6.05. The lowest BCUT2D eigenvalue weighted by Crippen LogP contribution is -2.49. The van der Waals surface area contributed by atoms with Crippen molar-refractivity contribution in [2.24, 2.45) is 7.05 Å². The zero-order valence-electron chi connectivity index (χ0n) is 17.4. The molecule has 1 atom stereocenters. The molecule has 1 saturated heterocycles. The third-order valence-electron chi connectivity index (χ3n) is 4.99. The highest BCUT2D eigenvalue weighted by atomic mass is 19.4. The fraction of sp³-hybridized carbons (Fsp3) is 0.421. The maximum atomic E-state index is 13.1. The molecular weight excluding hydrogens is 431 g/mol. The second-order valence-corrected chi connectivity index (χ2v) is 7.01. The van der Waals surface area contributed by atoms with E-state index in [1.54, 1.807) is 11.0 Å². The molecular formula is C19H22F3N7O3. The first kappa shape index (κ1) is 23.0. The van der Waals surface area contributed by atoms with Crippen LogP contribution >= 0.6 is 0 Å². The summed E-state index contributed by atoms with van der Waals surface area (Å²) < 4.78 is 30.2. The van der Waals surface area contributed by atoms with Gasteiger partial charge in [0.1, 0.15) is 11.4 Å². The van der Waals surface area contributed by atoms with Gasteiger partial charge >= 0.3 is 12.7 Å². The van der Waals surface area contributed by atoms with Crippen molar-refractivity contribution < 1.29 is 22.8 Å². The Morgan fingerprint density at radius 2 is 1.97 bits per heavy atom. The van der Waals surface area contributed by atoms with E-state index in [0.29, 0.717) is 18.9 Å². The number of hydrogen-bond acceptors (Lipinski definition) is 6. The van der Waals surface area contributed by atoms with E-state index < -0.39 is 18.3 Å². The van der Waals surface area contributed by atoms with Crippen LogP contribution in [0, 0.1) is 0 Å². The minimum atomic E-state index is -3.67. The van der Waals surface area contributed by atoms with Crippen LogP contribution < -0.4 is 26.0 Å². The Kier molecular flexibility index (Phi) is 6.95. The molecule has 0 aliphatic carbocycles. The standard InChI is InChI=1S/C18H21N7O3.CHF3/c1-3-19-16(26)12-4-5-14-15(21-12)25(11-7-9-24(14)10-11)18(28)22-13-6-8-20-23(2)17(13)27;2-1(3)4/h4-6,8,11H,3,7,9-10H2,1-2H3,(H,19,26)(H,22,28);1H. The second kappa shape index (κ2) is 9.66. The topological polar surface area (TPSA) is 112 Å². The number of nitrogens with zero attached hydrogens (tertiary/aromatic N) is 5. The van der Waals surface area contributed by atoms with Gasteiger partial charge in [0.05, 0.1) is 11.7 Å². The Labute approximate surface area is 181 Å². The number of alkyl halides is 3. The summed E-state index contributed by atoms with van der Waals surface area (Å²) in [6.07, 6.45) is 2.23. The van der Waals surface area contributed by atoms with Gasteiger partial charge < -0.3 is 15.5 Å². The molecule has 0 radical (unpaired) electrons. The van der Waals surface area contributed by atoms with Crippen molar-refractivity contribution in [2.75, 3.05) is 34.8 Å². The average Bonchev–Trinajstić information content (AvgIpc) is 3.15. The van der Waals surface area contributed by atoms with E-state index in [2.05, 4.69) is 25.6 Å². The Morgan fingerprint density at radius 3 is 2.66 bits per heavy atom. The Bertz CT molecular complexity index is 1060. The summed E-state index contributed by atoms with van der Waals surface area (Å²) in [6, 6.07) is 4.42. The molecule has 2 aliphatic rings. The van der Waals surface area contributed by atoms with Gasteiger partial charge in [0.2, 0.25) is 0 Å². The fourth-order valence-corrected chi connectivity index (χ4v) is 3.63. The summed E-state index contributed by atoms with van der Waals surface area (Å²) in [7, 11) is 1.52. The summed E-state index contributed by atoms with van der Waals surface area (Å²) in [4.78, 5) is 45.7. The number of fused-ring (bicyclic) bond motifs is 4. The quantitative estimate of drug-likeness (QED) is 0.732. The highest BCUT2D eigenvalue weighted by Crippen LogP contribution is 2.39. The number of carbonyl (C=O) groups excluding carboxylic acids is 2. The van der Waals surface area contributed by atoms with E-state index >= 15 is 0 Å².